The summed E-state index contributed by atoms with van der Waals surface area (Å²) in [5.41, 5.74) is 0. The first-order chi connectivity index (χ1) is 6.68. The second-order valence-electron chi connectivity index (χ2n) is 5.21. The Morgan fingerprint density at radius 3 is 2.57 bits per heavy atom. The quantitative estimate of drug-likeness (QED) is 0.747. The van der Waals surface area contributed by atoms with Gasteiger partial charge in [-0.25, -0.2) is 0 Å². The largest absolute Gasteiger partial charge is 0.378 e. The topological polar surface area (TPSA) is 21.3 Å². The van der Waals surface area contributed by atoms with Crippen LogP contribution in [0, 0.1) is 17.8 Å². The molecule has 1 saturated carbocycles. The minimum Gasteiger partial charge on any atom is -0.378 e. The van der Waals surface area contributed by atoms with E-state index in [4.69, 9.17) is 4.74 Å². The second-order valence-corrected chi connectivity index (χ2v) is 5.21. The van der Waals surface area contributed by atoms with Crippen LogP contribution in [-0.4, -0.2) is 25.3 Å². The summed E-state index contributed by atoms with van der Waals surface area (Å²) in [6, 6.07) is 0.776. The zero-order chi connectivity index (χ0) is 10.1. The first-order valence-electron chi connectivity index (χ1n) is 6.03. The van der Waals surface area contributed by atoms with Gasteiger partial charge in [0, 0.05) is 19.2 Å². The summed E-state index contributed by atoms with van der Waals surface area (Å²) in [7, 11) is 0. The first kappa shape index (κ1) is 10.4. The van der Waals surface area contributed by atoms with Crippen molar-refractivity contribution >= 4 is 0 Å². The number of rotatable bonds is 3. The molecule has 14 heavy (non-hydrogen) atoms. The van der Waals surface area contributed by atoms with Crippen LogP contribution in [0.1, 0.15) is 33.6 Å². The molecule has 0 bridgehead atoms. The van der Waals surface area contributed by atoms with E-state index in [0.29, 0.717) is 6.10 Å². The molecular weight excluding hydrogens is 174 g/mol. The Hall–Kier alpha value is -0.0800. The van der Waals surface area contributed by atoms with Crippen molar-refractivity contribution in [2.75, 3.05) is 13.2 Å². The van der Waals surface area contributed by atoms with E-state index in [1.165, 1.54) is 12.8 Å². The Labute approximate surface area is 87.4 Å². The van der Waals surface area contributed by atoms with E-state index in [2.05, 4.69) is 26.1 Å². The van der Waals surface area contributed by atoms with Gasteiger partial charge in [-0.2, -0.15) is 0 Å². The Bertz CT molecular complexity index is 195. The van der Waals surface area contributed by atoms with E-state index in [-0.39, 0.29) is 0 Å². The Morgan fingerprint density at radius 1 is 1.29 bits per heavy atom. The fourth-order valence-electron chi connectivity index (χ4n) is 2.65. The molecule has 0 aromatic carbocycles. The molecule has 0 aromatic rings. The molecule has 2 fully saturated rings. The summed E-state index contributed by atoms with van der Waals surface area (Å²) >= 11 is 0. The highest BCUT2D eigenvalue weighted by Gasteiger charge is 2.35. The number of nitrogens with one attached hydrogen (secondary N) is 1. The lowest BCUT2D eigenvalue weighted by molar-refractivity contribution is 0.0944. The van der Waals surface area contributed by atoms with Gasteiger partial charge in [0.15, 0.2) is 0 Å². The average Bonchev–Trinajstić information content (AvgIpc) is 2.58. The fourth-order valence-corrected chi connectivity index (χ4v) is 2.65. The van der Waals surface area contributed by atoms with Crippen molar-refractivity contribution in [1.82, 2.24) is 5.32 Å². The van der Waals surface area contributed by atoms with Gasteiger partial charge in [-0.05, 0) is 37.5 Å². The third-order valence-electron chi connectivity index (χ3n) is 4.33. The molecule has 0 spiro atoms. The van der Waals surface area contributed by atoms with E-state index in [1.54, 1.807) is 0 Å². The van der Waals surface area contributed by atoms with Crippen molar-refractivity contribution < 1.29 is 4.74 Å². The van der Waals surface area contributed by atoms with E-state index in [0.717, 1.165) is 36.9 Å². The number of ether oxygens (including phenoxy) is 1. The van der Waals surface area contributed by atoms with E-state index >= 15 is 0 Å². The maximum absolute atomic E-state index is 5.56. The summed E-state index contributed by atoms with van der Waals surface area (Å²) in [5.74, 6) is 2.54. The van der Waals surface area contributed by atoms with Crippen LogP contribution < -0.4 is 5.32 Å². The molecule has 2 aliphatic rings. The number of hydrogen-bond acceptors (Lipinski definition) is 2. The Morgan fingerprint density at radius 2 is 2.07 bits per heavy atom. The van der Waals surface area contributed by atoms with Crippen molar-refractivity contribution in [2.24, 2.45) is 17.8 Å². The summed E-state index contributed by atoms with van der Waals surface area (Å²) in [6.07, 6.45) is 3.07. The van der Waals surface area contributed by atoms with Crippen molar-refractivity contribution in [1.29, 1.82) is 0 Å². The third-order valence-corrected chi connectivity index (χ3v) is 4.33. The van der Waals surface area contributed by atoms with Crippen LogP contribution in [0.15, 0.2) is 0 Å². The van der Waals surface area contributed by atoms with E-state index in [1.807, 2.05) is 0 Å². The highest BCUT2D eigenvalue weighted by molar-refractivity contribution is 4.90. The zero-order valence-electron chi connectivity index (χ0n) is 9.62. The summed E-state index contributed by atoms with van der Waals surface area (Å²) in [5, 5.41) is 3.69. The van der Waals surface area contributed by atoms with Gasteiger partial charge in [0.05, 0.1) is 6.10 Å². The summed E-state index contributed by atoms with van der Waals surface area (Å²) in [6.45, 7) is 9.03. The molecule has 5 atom stereocenters. The molecule has 2 nitrogen and oxygen atoms in total. The van der Waals surface area contributed by atoms with Crippen LogP contribution in [-0.2, 0) is 4.74 Å². The van der Waals surface area contributed by atoms with Gasteiger partial charge in [-0.1, -0.05) is 13.8 Å². The third kappa shape index (κ3) is 1.96. The van der Waals surface area contributed by atoms with Gasteiger partial charge < -0.3 is 10.1 Å². The molecule has 0 amide bonds. The average molecular weight is 197 g/mol. The summed E-state index contributed by atoms with van der Waals surface area (Å²) < 4.78 is 5.56. The molecule has 2 heteroatoms. The monoisotopic (exact) mass is 197 g/mol. The van der Waals surface area contributed by atoms with Gasteiger partial charge in [-0.3, -0.25) is 0 Å². The lowest BCUT2D eigenvalue weighted by atomic mass is 9.71. The second kappa shape index (κ2) is 4.19. The molecule has 0 aromatic heterocycles. The maximum Gasteiger partial charge on any atom is 0.0588 e. The molecule has 2 rings (SSSR count). The predicted molar refractivity (Wildman–Crippen MR) is 58.3 cm³/mol. The molecule has 0 radical (unpaired) electrons. The minimum atomic E-state index is 0.468. The fraction of sp³-hybridized carbons (Fsp3) is 1.00. The van der Waals surface area contributed by atoms with Crippen LogP contribution >= 0.6 is 0 Å². The van der Waals surface area contributed by atoms with E-state index < -0.39 is 0 Å². The molecule has 82 valence electrons. The van der Waals surface area contributed by atoms with Gasteiger partial charge in [0.2, 0.25) is 0 Å². The smallest absolute Gasteiger partial charge is 0.0588 e. The molecule has 1 heterocycles. The van der Waals surface area contributed by atoms with Gasteiger partial charge in [0.25, 0.3) is 0 Å². The lowest BCUT2D eigenvalue weighted by Gasteiger charge is -2.42. The normalized spacial score (nSPS) is 47.8. The van der Waals surface area contributed by atoms with Crippen molar-refractivity contribution in [2.45, 2.75) is 45.8 Å². The maximum atomic E-state index is 5.56. The van der Waals surface area contributed by atoms with Crippen LogP contribution in [0.4, 0.5) is 0 Å². The first-order valence-corrected chi connectivity index (χ1v) is 6.03. The van der Waals surface area contributed by atoms with Crippen LogP contribution in [0.2, 0.25) is 0 Å². The molecule has 1 aliphatic carbocycles. The SMILES string of the molecule is CC1CC(NCC2CCOC2C)C1C. The molecule has 1 aliphatic heterocycles. The van der Waals surface area contributed by atoms with Crippen LogP contribution in [0.3, 0.4) is 0 Å². The Balaban J connectivity index is 1.67. The predicted octanol–water partition coefficient (Wildman–Crippen LogP) is 2.05. The van der Waals surface area contributed by atoms with Crippen LogP contribution in [0.5, 0.6) is 0 Å². The van der Waals surface area contributed by atoms with Crippen molar-refractivity contribution in [3.63, 3.8) is 0 Å². The molecule has 5 unspecified atom stereocenters. The van der Waals surface area contributed by atoms with Gasteiger partial charge in [0.1, 0.15) is 0 Å². The zero-order valence-corrected chi connectivity index (χ0v) is 9.62. The van der Waals surface area contributed by atoms with Crippen molar-refractivity contribution in [3.8, 4) is 0 Å². The molecule has 1 saturated heterocycles. The van der Waals surface area contributed by atoms with Gasteiger partial charge >= 0.3 is 0 Å². The minimum absolute atomic E-state index is 0.468. The number of hydrogen-bond donors (Lipinski definition) is 1. The van der Waals surface area contributed by atoms with Crippen LogP contribution in [0.25, 0.3) is 0 Å². The molecular formula is C12H23NO. The van der Waals surface area contributed by atoms with Crippen molar-refractivity contribution in [3.05, 3.63) is 0 Å². The highest BCUT2D eigenvalue weighted by Crippen LogP contribution is 2.34. The highest BCUT2D eigenvalue weighted by atomic mass is 16.5. The summed E-state index contributed by atoms with van der Waals surface area (Å²) in [4.78, 5) is 0. The van der Waals surface area contributed by atoms with Gasteiger partial charge in [-0.15, -0.1) is 0 Å². The standard InChI is InChI=1S/C12H23NO/c1-8-6-12(9(8)2)13-7-11-4-5-14-10(11)3/h8-13H,4-7H2,1-3H3. The lowest BCUT2D eigenvalue weighted by Crippen LogP contribution is -2.49. The Kier molecular flexibility index (Phi) is 3.13. The van der Waals surface area contributed by atoms with E-state index in [9.17, 15) is 0 Å². The molecule has 1 N–H and O–H groups in total.